The molecule has 2 aliphatic carbocycles. The molecule has 1 aromatic carbocycles. The van der Waals surface area contributed by atoms with E-state index in [1.165, 1.54) is 15.9 Å². The summed E-state index contributed by atoms with van der Waals surface area (Å²) in [6.45, 7) is 13.6. The quantitative estimate of drug-likeness (QED) is 0.128. The van der Waals surface area contributed by atoms with Crippen LogP contribution in [-0.2, 0) is 19.2 Å². The van der Waals surface area contributed by atoms with Gasteiger partial charge in [-0.15, -0.1) is 6.58 Å². The first kappa shape index (κ1) is 39.7. The molecule has 2 heterocycles. The van der Waals surface area contributed by atoms with Crippen LogP contribution >= 0.6 is 0 Å². The van der Waals surface area contributed by atoms with E-state index in [4.69, 9.17) is 0 Å². The van der Waals surface area contributed by atoms with Gasteiger partial charge in [-0.05, 0) is 61.0 Å². The predicted molar refractivity (Wildman–Crippen MR) is 198 cm³/mol. The van der Waals surface area contributed by atoms with E-state index in [0.717, 1.165) is 32.1 Å². The maximum Gasteiger partial charge on any atom is 0.315 e. The van der Waals surface area contributed by atoms with Crippen LogP contribution in [0.3, 0.4) is 0 Å². The van der Waals surface area contributed by atoms with E-state index < -0.39 is 70.4 Å². The number of hydrogen-bond donors (Lipinski definition) is 4. The van der Waals surface area contributed by atoms with Crippen molar-refractivity contribution in [2.24, 2.45) is 23.2 Å². The summed E-state index contributed by atoms with van der Waals surface area (Å²) in [4.78, 5) is 97.7. The van der Waals surface area contributed by atoms with Gasteiger partial charge in [-0.3, -0.25) is 33.7 Å². The molecular formula is C40H56N6O7. The lowest BCUT2D eigenvalue weighted by Gasteiger charge is -2.41. The second kappa shape index (κ2) is 16.2. The number of benzene rings is 1. The third kappa shape index (κ3) is 9.16. The number of fused-ring (bicyclic) bond motifs is 1. The number of nitrogens with zero attached hydrogens (tertiary/aromatic N) is 2. The Morgan fingerprint density at radius 2 is 1.58 bits per heavy atom. The second-order valence-corrected chi connectivity index (χ2v) is 16.8. The van der Waals surface area contributed by atoms with Gasteiger partial charge in [0.25, 0.3) is 17.7 Å². The molecule has 4 N–H and O–H groups in total. The molecule has 53 heavy (non-hydrogen) atoms. The number of amides is 7. The summed E-state index contributed by atoms with van der Waals surface area (Å²) in [5, 5.41) is 11.4. The van der Waals surface area contributed by atoms with Crippen molar-refractivity contribution >= 4 is 41.4 Å². The van der Waals surface area contributed by atoms with E-state index in [0.29, 0.717) is 36.8 Å². The fourth-order valence-corrected chi connectivity index (χ4v) is 7.90. The smallest absolute Gasteiger partial charge is 0.315 e. The van der Waals surface area contributed by atoms with Crippen LogP contribution in [0.1, 0.15) is 113 Å². The Kier molecular flexibility index (Phi) is 12.1. The highest BCUT2D eigenvalue weighted by Gasteiger charge is 2.48. The number of urea groups is 1. The van der Waals surface area contributed by atoms with E-state index >= 15 is 0 Å². The highest BCUT2D eigenvalue weighted by Crippen LogP contribution is 2.36. The number of rotatable bonds is 14. The fourth-order valence-electron chi connectivity index (χ4n) is 7.90. The van der Waals surface area contributed by atoms with Crippen molar-refractivity contribution < 1.29 is 33.6 Å². The van der Waals surface area contributed by atoms with Crippen LogP contribution in [0.4, 0.5) is 4.79 Å². The molecule has 0 bridgehead atoms. The molecular weight excluding hydrogens is 676 g/mol. The Bertz CT molecular complexity index is 1590. The van der Waals surface area contributed by atoms with Crippen molar-refractivity contribution in [1.82, 2.24) is 31.1 Å². The number of likely N-dealkylation sites (tertiary alicyclic amines) is 1. The molecule has 0 spiro atoms. The van der Waals surface area contributed by atoms with E-state index in [9.17, 15) is 33.6 Å². The fraction of sp³-hybridized carbons (Fsp3) is 0.625. The minimum Gasteiger partial charge on any atom is -0.346 e. The van der Waals surface area contributed by atoms with Crippen LogP contribution in [0, 0.1) is 23.2 Å². The monoisotopic (exact) mass is 732 g/mol. The third-order valence-electron chi connectivity index (χ3n) is 11.3. The average Bonchev–Trinajstić information content (AvgIpc) is 3.77. The van der Waals surface area contributed by atoms with Gasteiger partial charge in [0, 0.05) is 13.1 Å². The minimum atomic E-state index is -1.04. The van der Waals surface area contributed by atoms with Gasteiger partial charge < -0.3 is 26.2 Å². The summed E-state index contributed by atoms with van der Waals surface area (Å²) >= 11 is 0. The van der Waals surface area contributed by atoms with Crippen molar-refractivity contribution in [2.75, 3.05) is 19.6 Å². The van der Waals surface area contributed by atoms with Gasteiger partial charge in [-0.1, -0.05) is 84.9 Å². The zero-order chi connectivity index (χ0) is 38.7. The zero-order valence-corrected chi connectivity index (χ0v) is 31.8. The Morgan fingerprint density at radius 3 is 2.13 bits per heavy atom. The van der Waals surface area contributed by atoms with Crippen molar-refractivity contribution in [2.45, 2.75) is 116 Å². The highest BCUT2D eigenvalue weighted by molar-refractivity contribution is 6.38. The maximum atomic E-state index is 14.6. The third-order valence-corrected chi connectivity index (χ3v) is 11.3. The summed E-state index contributed by atoms with van der Waals surface area (Å²) < 4.78 is 0. The second-order valence-electron chi connectivity index (χ2n) is 16.8. The molecule has 2 aliphatic heterocycles. The topological polar surface area (TPSA) is 174 Å². The van der Waals surface area contributed by atoms with E-state index in [-0.39, 0.29) is 37.4 Å². The van der Waals surface area contributed by atoms with Crippen molar-refractivity contribution in [3.8, 4) is 0 Å². The number of hydrogen-bond acceptors (Lipinski definition) is 7. The molecule has 0 radical (unpaired) electrons. The van der Waals surface area contributed by atoms with Crippen LogP contribution in [0.5, 0.6) is 0 Å². The summed E-state index contributed by atoms with van der Waals surface area (Å²) in [5.41, 5.74) is -0.980. The van der Waals surface area contributed by atoms with Crippen molar-refractivity contribution in [1.29, 1.82) is 0 Å². The lowest BCUT2D eigenvalue weighted by Crippen LogP contribution is -2.64. The molecule has 0 aromatic heterocycles. The largest absolute Gasteiger partial charge is 0.346 e. The summed E-state index contributed by atoms with van der Waals surface area (Å²) in [5.74, 6) is -2.87. The lowest BCUT2D eigenvalue weighted by atomic mass is 9.81. The van der Waals surface area contributed by atoms with E-state index in [1.54, 1.807) is 24.3 Å². The zero-order valence-electron chi connectivity index (χ0n) is 31.8. The Labute approximate surface area is 312 Å². The van der Waals surface area contributed by atoms with Crippen LogP contribution in [0.15, 0.2) is 36.9 Å². The first-order valence-corrected chi connectivity index (χ1v) is 19.1. The molecule has 1 unspecified atom stereocenters. The Morgan fingerprint density at radius 1 is 0.962 bits per heavy atom. The highest BCUT2D eigenvalue weighted by atomic mass is 16.2. The molecule has 5 rings (SSSR count). The molecule has 13 heteroatoms. The number of carbonyl (C=O) groups excluding carboxylic acids is 7. The number of Topliss-reactive ketones (excluding diaryl/α,β-unsaturated/α-hetero) is 1. The van der Waals surface area contributed by atoms with Gasteiger partial charge in [0.05, 0.1) is 29.3 Å². The van der Waals surface area contributed by atoms with E-state index in [1.807, 2.05) is 34.6 Å². The van der Waals surface area contributed by atoms with Crippen molar-refractivity contribution in [3.05, 3.63) is 48.0 Å². The first-order chi connectivity index (χ1) is 25.0. The lowest BCUT2D eigenvalue weighted by molar-refractivity contribution is -0.143. The van der Waals surface area contributed by atoms with Crippen LogP contribution in [-0.4, -0.2) is 94.4 Å². The summed E-state index contributed by atoms with van der Waals surface area (Å²) in [6.07, 6.45) is 7.67. The SMILES string of the molecule is C=CCNC(=O)C(=O)C(CC1CC1)NC(=O)[C@@H]1C[C@@H](C(C)C)CN1C(=O)[C@@H](NC(=O)NC1(CN2C(=O)c3ccccc3C2=O)CCCCC1)C(C)(C)C. The summed E-state index contributed by atoms with van der Waals surface area (Å²) in [7, 11) is 0. The van der Waals surface area contributed by atoms with Gasteiger partial charge in [-0.2, -0.15) is 0 Å². The number of imide groups is 1. The van der Waals surface area contributed by atoms with Gasteiger partial charge >= 0.3 is 6.03 Å². The molecule has 288 valence electrons. The summed E-state index contributed by atoms with van der Waals surface area (Å²) in [6, 6.07) is 3.12. The molecule has 1 aromatic rings. The Balaban J connectivity index is 1.33. The Hall–Kier alpha value is -4.55. The molecule has 3 fully saturated rings. The molecule has 7 amide bonds. The van der Waals surface area contributed by atoms with Crippen LogP contribution in [0.2, 0.25) is 0 Å². The van der Waals surface area contributed by atoms with Gasteiger partial charge in [-0.25, -0.2) is 4.79 Å². The molecule has 4 atom stereocenters. The molecule has 1 saturated heterocycles. The maximum absolute atomic E-state index is 14.6. The van der Waals surface area contributed by atoms with Gasteiger partial charge in [0.15, 0.2) is 0 Å². The number of nitrogens with one attached hydrogen (secondary N) is 4. The van der Waals surface area contributed by atoms with Gasteiger partial charge in [0.2, 0.25) is 17.6 Å². The normalized spacial score (nSPS) is 22.2. The van der Waals surface area contributed by atoms with Crippen LogP contribution < -0.4 is 21.3 Å². The standard InChI is InChI=1S/C40H56N6O7/c1-7-19-41-34(49)31(47)29(20-25-15-16-25)42-33(48)30-21-26(24(2)3)22-45(30)37(52)32(39(4,5)6)43-38(53)44-40(17-11-8-12-18-40)23-46-35(50)27-13-9-10-14-28(27)36(46)51/h7,9-10,13-14,24-26,29-30,32H,1,8,11-12,15-23H2,2-6H3,(H,41,49)(H,42,48)(H2,43,44,53)/t26-,29?,30+,32-/m1/s1. The van der Waals surface area contributed by atoms with Crippen LogP contribution in [0.25, 0.3) is 0 Å². The average molecular weight is 733 g/mol. The molecule has 4 aliphatic rings. The van der Waals surface area contributed by atoms with Gasteiger partial charge in [0.1, 0.15) is 12.1 Å². The predicted octanol–water partition coefficient (Wildman–Crippen LogP) is 3.73. The van der Waals surface area contributed by atoms with E-state index in [2.05, 4.69) is 27.8 Å². The number of carbonyl (C=O) groups is 7. The molecule has 13 nitrogen and oxygen atoms in total. The number of ketones is 1. The van der Waals surface area contributed by atoms with Crippen molar-refractivity contribution in [3.63, 3.8) is 0 Å². The molecule has 2 saturated carbocycles. The first-order valence-electron chi connectivity index (χ1n) is 19.1. The minimum absolute atomic E-state index is 0.0113.